The number of carbonyl (C=O) groups excluding carboxylic acids is 1. The van der Waals surface area contributed by atoms with Crippen LogP contribution in [-0.4, -0.2) is 31.8 Å². The highest BCUT2D eigenvalue weighted by Gasteiger charge is 2.25. The molecule has 1 aliphatic rings. The van der Waals surface area contributed by atoms with Gasteiger partial charge in [0.25, 0.3) is 15.0 Å². The van der Waals surface area contributed by atoms with Crippen LogP contribution in [0.3, 0.4) is 0 Å². The molecular weight excluding hydrogens is 306 g/mol. The standard InChI is InChI=1S/C12H16ClNO3S2/c1-9-5-3-2-4-6-14(9)12(15)10-7-11(18-8-10)19(13,16)17/h7-9H,2-6H2,1H3. The molecule has 0 N–H and O–H groups in total. The number of thiophene rings is 1. The molecule has 1 atom stereocenters. The maximum atomic E-state index is 12.4. The van der Waals surface area contributed by atoms with Crippen molar-refractivity contribution in [1.29, 1.82) is 0 Å². The molecule has 2 rings (SSSR count). The van der Waals surface area contributed by atoms with Gasteiger partial charge >= 0.3 is 0 Å². The maximum absolute atomic E-state index is 12.4. The summed E-state index contributed by atoms with van der Waals surface area (Å²) in [4.78, 5) is 14.2. The van der Waals surface area contributed by atoms with Gasteiger partial charge in [0.05, 0.1) is 5.56 Å². The molecule has 106 valence electrons. The predicted octanol–water partition coefficient (Wildman–Crippen LogP) is 3.08. The normalized spacial score (nSPS) is 21.2. The summed E-state index contributed by atoms with van der Waals surface area (Å²) in [6, 6.07) is 1.57. The Balaban J connectivity index is 2.21. The molecular formula is C12H16ClNO3S2. The van der Waals surface area contributed by atoms with Gasteiger partial charge in [-0.15, -0.1) is 11.3 Å². The quantitative estimate of drug-likeness (QED) is 0.787. The van der Waals surface area contributed by atoms with Crippen molar-refractivity contribution in [3.8, 4) is 0 Å². The molecule has 1 aliphatic heterocycles. The minimum absolute atomic E-state index is 0.0278. The van der Waals surface area contributed by atoms with Gasteiger partial charge in [-0.25, -0.2) is 8.42 Å². The second-order valence-electron chi connectivity index (χ2n) is 4.79. The molecule has 1 saturated heterocycles. The fraction of sp³-hybridized carbons (Fsp3) is 0.583. The zero-order valence-electron chi connectivity index (χ0n) is 10.6. The molecule has 0 aromatic carbocycles. The summed E-state index contributed by atoms with van der Waals surface area (Å²) in [6.07, 6.45) is 4.27. The Morgan fingerprint density at radius 2 is 2.16 bits per heavy atom. The lowest BCUT2D eigenvalue weighted by Crippen LogP contribution is -2.38. The molecule has 1 amide bonds. The van der Waals surface area contributed by atoms with Gasteiger partial charge in [0.2, 0.25) is 0 Å². The lowest BCUT2D eigenvalue weighted by Gasteiger charge is -2.26. The molecule has 19 heavy (non-hydrogen) atoms. The topological polar surface area (TPSA) is 54.5 Å². The van der Waals surface area contributed by atoms with Gasteiger partial charge in [-0.05, 0) is 25.8 Å². The molecule has 0 spiro atoms. The van der Waals surface area contributed by atoms with Crippen LogP contribution in [0.4, 0.5) is 0 Å². The van der Waals surface area contributed by atoms with E-state index in [1.54, 1.807) is 5.38 Å². The highest BCUT2D eigenvalue weighted by molar-refractivity contribution is 8.15. The number of carbonyl (C=O) groups is 1. The van der Waals surface area contributed by atoms with Crippen LogP contribution in [0, 0.1) is 0 Å². The van der Waals surface area contributed by atoms with Crippen molar-refractivity contribution < 1.29 is 13.2 Å². The van der Waals surface area contributed by atoms with Crippen LogP contribution in [0.1, 0.15) is 43.0 Å². The second-order valence-corrected chi connectivity index (χ2v) is 8.49. The molecule has 7 heteroatoms. The lowest BCUT2D eigenvalue weighted by molar-refractivity contribution is 0.0698. The molecule has 4 nitrogen and oxygen atoms in total. The SMILES string of the molecule is CC1CCCCCN1C(=O)c1csc(S(=O)(=O)Cl)c1. The Kier molecular flexibility index (Phi) is 4.53. The van der Waals surface area contributed by atoms with E-state index in [2.05, 4.69) is 0 Å². The van der Waals surface area contributed by atoms with E-state index in [1.165, 1.54) is 6.07 Å². The van der Waals surface area contributed by atoms with E-state index in [0.29, 0.717) is 5.56 Å². The van der Waals surface area contributed by atoms with Gasteiger partial charge in [0.15, 0.2) is 0 Å². The fourth-order valence-electron chi connectivity index (χ4n) is 2.30. The summed E-state index contributed by atoms with van der Waals surface area (Å²) < 4.78 is 22.5. The Labute approximate surface area is 121 Å². The summed E-state index contributed by atoms with van der Waals surface area (Å²) in [5, 5.41) is 1.56. The highest BCUT2D eigenvalue weighted by Crippen LogP contribution is 2.26. The summed E-state index contributed by atoms with van der Waals surface area (Å²) in [5.41, 5.74) is 0.415. The fourth-order valence-corrected chi connectivity index (χ4v) is 4.24. The molecule has 0 radical (unpaired) electrons. The summed E-state index contributed by atoms with van der Waals surface area (Å²) >= 11 is 0.988. The smallest absolute Gasteiger partial charge is 0.270 e. The zero-order chi connectivity index (χ0) is 14.0. The Morgan fingerprint density at radius 1 is 1.42 bits per heavy atom. The van der Waals surface area contributed by atoms with Gasteiger partial charge in [-0.2, -0.15) is 0 Å². The molecule has 1 fully saturated rings. The average Bonchev–Trinajstić information content (AvgIpc) is 2.73. The first kappa shape index (κ1) is 14.8. The summed E-state index contributed by atoms with van der Waals surface area (Å²) in [7, 11) is 1.53. The van der Waals surface area contributed by atoms with Crippen molar-refractivity contribution in [1.82, 2.24) is 4.90 Å². The molecule has 1 aromatic rings. The lowest BCUT2D eigenvalue weighted by atomic mass is 10.1. The van der Waals surface area contributed by atoms with Gasteiger partial charge in [-0.3, -0.25) is 4.79 Å². The van der Waals surface area contributed by atoms with Crippen LogP contribution in [0.25, 0.3) is 0 Å². The van der Waals surface area contributed by atoms with E-state index in [0.717, 1.165) is 43.6 Å². The van der Waals surface area contributed by atoms with Gasteiger partial charge < -0.3 is 4.90 Å². The first-order valence-electron chi connectivity index (χ1n) is 6.24. The number of likely N-dealkylation sites (tertiary alicyclic amines) is 1. The Morgan fingerprint density at radius 3 is 2.79 bits per heavy atom. The van der Waals surface area contributed by atoms with Crippen LogP contribution in [0.2, 0.25) is 0 Å². The highest BCUT2D eigenvalue weighted by atomic mass is 35.7. The predicted molar refractivity (Wildman–Crippen MR) is 76.3 cm³/mol. The minimum atomic E-state index is -3.75. The molecule has 1 aromatic heterocycles. The van der Waals surface area contributed by atoms with E-state index in [4.69, 9.17) is 10.7 Å². The van der Waals surface area contributed by atoms with Crippen molar-refractivity contribution in [2.45, 2.75) is 42.9 Å². The van der Waals surface area contributed by atoms with Crippen molar-refractivity contribution in [3.05, 3.63) is 17.0 Å². The molecule has 2 heterocycles. The Hall–Kier alpha value is -0.590. The number of halogens is 1. The number of hydrogen-bond donors (Lipinski definition) is 0. The minimum Gasteiger partial charge on any atom is -0.336 e. The number of nitrogens with zero attached hydrogens (tertiary/aromatic N) is 1. The third kappa shape index (κ3) is 3.49. The van der Waals surface area contributed by atoms with Gasteiger partial charge in [0, 0.05) is 28.6 Å². The summed E-state index contributed by atoms with van der Waals surface area (Å²) in [6.45, 7) is 2.77. The first-order valence-corrected chi connectivity index (χ1v) is 9.42. The maximum Gasteiger partial charge on any atom is 0.270 e. The Bertz CT molecular complexity index is 567. The van der Waals surface area contributed by atoms with Crippen LogP contribution in [-0.2, 0) is 9.05 Å². The third-order valence-electron chi connectivity index (χ3n) is 3.38. The van der Waals surface area contributed by atoms with Crippen LogP contribution < -0.4 is 0 Å². The molecule has 1 unspecified atom stereocenters. The van der Waals surface area contributed by atoms with Crippen molar-refractivity contribution >= 4 is 37.0 Å². The van der Waals surface area contributed by atoms with Crippen LogP contribution in [0.15, 0.2) is 15.7 Å². The number of rotatable bonds is 2. The largest absolute Gasteiger partial charge is 0.336 e. The molecule has 0 aliphatic carbocycles. The van der Waals surface area contributed by atoms with Crippen LogP contribution in [0.5, 0.6) is 0 Å². The van der Waals surface area contributed by atoms with Crippen molar-refractivity contribution in [2.75, 3.05) is 6.54 Å². The second kappa shape index (κ2) is 5.81. The van der Waals surface area contributed by atoms with Crippen LogP contribution >= 0.6 is 22.0 Å². The molecule has 0 saturated carbocycles. The van der Waals surface area contributed by atoms with E-state index < -0.39 is 9.05 Å². The van der Waals surface area contributed by atoms with E-state index in [9.17, 15) is 13.2 Å². The number of amides is 1. The van der Waals surface area contributed by atoms with E-state index in [1.807, 2.05) is 11.8 Å². The van der Waals surface area contributed by atoms with Gasteiger partial charge in [-0.1, -0.05) is 12.8 Å². The van der Waals surface area contributed by atoms with Crippen molar-refractivity contribution in [2.24, 2.45) is 0 Å². The number of hydrogen-bond acceptors (Lipinski definition) is 4. The first-order chi connectivity index (χ1) is 8.89. The van der Waals surface area contributed by atoms with E-state index >= 15 is 0 Å². The summed E-state index contributed by atoms with van der Waals surface area (Å²) in [5.74, 6) is -0.0998. The third-order valence-corrected chi connectivity index (χ3v) is 6.42. The van der Waals surface area contributed by atoms with Crippen molar-refractivity contribution in [3.63, 3.8) is 0 Å². The van der Waals surface area contributed by atoms with E-state index in [-0.39, 0.29) is 16.2 Å². The molecule has 0 bridgehead atoms. The average molecular weight is 322 g/mol. The zero-order valence-corrected chi connectivity index (χ0v) is 13.0. The van der Waals surface area contributed by atoms with Gasteiger partial charge in [0.1, 0.15) is 4.21 Å². The monoisotopic (exact) mass is 321 g/mol.